The number of hydrogen-bond acceptors (Lipinski definition) is 13. The molecular weight excluding hydrogens is 917 g/mol. The maximum absolute atomic E-state index is 12.6. The van der Waals surface area contributed by atoms with Gasteiger partial charge in [0.25, 0.3) is 17.7 Å². The standard InChI is InChI=1S/C24H24N4O2.C17H20N4O.C16H18N4O/c1-17(29)24(19-10-6-3-7-11-19)12-14-28(15-13-24)23-26-20(16-21(27-23)22(25)30)18-8-4-2-5-9-18;18-16(22)15-12-14(13-8-4-3-5-9-13)19-17(20-15)21-10-6-1-2-7-11-21;1-17-15(21)14-9-13(12-5-3-2-4-6-12)19-16(20-14)18-10-11-7-8-11/h2-11,16H,12-15H2,1H3,(H2,25,30);3-5,8-9,12H,1-2,6-7,10-11H2,(H2,18,22);2-6,9,11H,7-8,10H2,1H3,(H,17,21)(H,18,19,20). The first-order chi connectivity index (χ1) is 35.5. The Labute approximate surface area is 426 Å². The van der Waals surface area contributed by atoms with Crippen LogP contribution in [0, 0.1) is 5.92 Å². The van der Waals surface area contributed by atoms with Gasteiger partial charge in [0.15, 0.2) is 0 Å². The van der Waals surface area contributed by atoms with Gasteiger partial charge in [0.1, 0.15) is 22.9 Å². The monoisotopic (exact) mass is 979 g/mol. The highest BCUT2D eigenvalue weighted by atomic mass is 16.2. The molecule has 10 rings (SSSR count). The molecule has 3 aliphatic rings. The molecule has 73 heavy (non-hydrogen) atoms. The number of carbonyl (C=O) groups is 4. The van der Waals surface area contributed by atoms with Gasteiger partial charge in [-0.15, -0.1) is 0 Å². The number of hydrogen-bond donors (Lipinski definition) is 4. The van der Waals surface area contributed by atoms with E-state index >= 15 is 0 Å². The number of piperidine rings is 1. The molecule has 1 aliphatic carbocycles. The zero-order chi connectivity index (χ0) is 51.2. The smallest absolute Gasteiger partial charge is 0.269 e. The molecular formula is C57H62N12O4. The van der Waals surface area contributed by atoms with Crippen LogP contribution in [0.3, 0.4) is 0 Å². The van der Waals surface area contributed by atoms with Gasteiger partial charge in [-0.05, 0) is 75.1 Å². The Morgan fingerprint density at radius 1 is 0.548 bits per heavy atom. The number of nitrogens with one attached hydrogen (secondary N) is 2. The molecule has 4 aromatic carbocycles. The van der Waals surface area contributed by atoms with Gasteiger partial charge in [0.05, 0.1) is 22.5 Å². The molecule has 6 N–H and O–H groups in total. The van der Waals surface area contributed by atoms with Gasteiger partial charge < -0.3 is 31.9 Å². The number of amides is 3. The molecule has 0 radical (unpaired) electrons. The second-order valence-electron chi connectivity index (χ2n) is 18.5. The van der Waals surface area contributed by atoms with Gasteiger partial charge in [0.2, 0.25) is 17.8 Å². The van der Waals surface area contributed by atoms with Crippen LogP contribution in [0.4, 0.5) is 17.8 Å². The predicted octanol–water partition coefficient (Wildman–Crippen LogP) is 8.32. The first kappa shape index (κ1) is 51.0. The van der Waals surface area contributed by atoms with E-state index in [2.05, 4.69) is 40.5 Å². The van der Waals surface area contributed by atoms with Crippen LogP contribution in [0.5, 0.6) is 0 Å². The summed E-state index contributed by atoms with van der Waals surface area (Å²) >= 11 is 0. The lowest BCUT2D eigenvalue weighted by atomic mass is 9.70. The van der Waals surface area contributed by atoms with Crippen LogP contribution in [0.15, 0.2) is 140 Å². The summed E-state index contributed by atoms with van der Waals surface area (Å²) in [4.78, 5) is 79.1. The topological polar surface area (TPSA) is 228 Å². The number of rotatable bonds is 13. The molecule has 5 heterocycles. The van der Waals surface area contributed by atoms with Crippen LogP contribution in [0.1, 0.15) is 95.3 Å². The number of benzene rings is 4. The molecule has 3 amide bonds. The molecule has 2 saturated heterocycles. The minimum atomic E-state index is -0.588. The fourth-order valence-electron chi connectivity index (χ4n) is 8.96. The third-order valence-corrected chi connectivity index (χ3v) is 13.4. The Balaban J connectivity index is 0.000000149. The number of primary amides is 2. The largest absolute Gasteiger partial charge is 0.364 e. The third-order valence-electron chi connectivity index (χ3n) is 13.4. The molecule has 0 unspecified atom stereocenters. The Morgan fingerprint density at radius 2 is 0.973 bits per heavy atom. The van der Waals surface area contributed by atoms with Crippen LogP contribution in [0.25, 0.3) is 33.8 Å². The normalized spacial score (nSPS) is 15.0. The Morgan fingerprint density at radius 3 is 1.40 bits per heavy atom. The van der Waals surface area contributed by atoms with E-state index in [9.17, 15) is 19.2 Å². The molecule has 3 fully saturated rings. The molecule has 374 valence electrons. The second kappa shape index (κ2) is 24.1. The number of nitrogens with two attached hydrogens (primary N) is 2. The molecule has 3 aromatic heterocycles. The summed E-state index contributed by atoms with van der Waals surface area (Å²) in [5, 5.41) is 5.84. The van der Waals surface area contributed by atoms with Crippen LogP contribution in [-0.2, 0) is 10.2 Å². The fourth-order valence-corrected chi connectivity index (χ4v) is 8.96. The fraction of sp³-hybridized carbons (Fsp3) is 0.298. The van der Waals surface area contributed by atoms with Crippen molar-refractivity contribution in [3.05, 3.63) is 162 Å². The summed E-state index contributed by atoms with van der Waals surface area (Å²) < 4.78 is 0. The maximum Gasteiger partial charge on any atom is 0.269 e. The van der Waals surface area contributed by atoms with Crippen LogP contribution >= 0.6 is 0 Å². The SMILES string of the molecule is CC(=O)C1(c2ccccc2)CCN(c2nc(C(N)=O)cc(-c3ccccc3)n2)CC1.CNC(=O)c1cc(-c2ccccc2)nc(NCC2CC2)n1.NC(=O)c1cc(-c2ccccc2)nc(N2CCCCCC2)n1. The summed E-state index contributed by atoms with van der Waals surface area (Å²) in [6.07, 6.45) is 8.57. The summed E-state index contributed by atoms with van der Waals surface area (Å²) in [5.74, 6) is 1.17. The van der Waals surface area contributed by atoms with Crippen molar-refractivity contribution in [1.29, 1.82) is 0 Å². The highest BCUT2D eigenvalue weighted by Crippen LogP contribution is 2.38. The molecule has 0 atom stereocenters. The first-order valence-corrected chi connectivity index (χ1v) is 24.9. The van der Waals surface area contributed by atoms with Gasteiger partial charge in [0, 0.05) is 56.5 Å². The number of aromatic nitrogens is 6. The van der Waals surface area contributed by atoms with E-state index < -0.39 is 17.2 Å². The van der Waals surface area contributed by atoms with E-state index in [4.69, 9.17) is 16.5 Å². The van der Waals surface area contributed by atoms with E-state index in [1.165, 1.54) is 25.7 Å². The minimum absolute atomic E-state index is 0.171. The lowest BCUT2D eigenvalue weighted by Crippen LogP contribution is -2.47. The quantitative estimate of drug-likeness (QED) is 0.0853. The van der Waals surface area contributed by atoms with Crippen molar-refractivity contribution in [2.45, 2.75) is 63.7 Å². The van der Waals surface area contributed by atoms with Crippen LogP contribution in [0.2, 0.25) is 0 Å². The third kappa shape index (κ3) is 13.3. The first-order valence-electron chi connectivity index (χ1n) is 24.9. The van der Waals surface area contributed by atoms with Gasteiger partial charge in [-0.3, -0.25) is 19.2 Å². The van der Waals surface area contributed by atoms with Crippen molar-refractivity contribution in [3.63, 3.8) is 0 Å². The minimum Gasteiger partial charge on any atom is -0.364 e. The number of nitrogens with zero attached hydrogens (tertiary/aromatic N) is 8. The summed E-state index contributed by atoms with van der Waals surface area (Å²) in [7, 11) is 1.60. The molecule has 1 saturated carbocycles. The molecule has 16 nitrogen and oxygen atoms in total. The highest BCUT2D eigenvalue weighted by Gasteiger charge is 2.41. The van der Waals surface area contributed by atoms with Gasteiger partial charge in [-0.2, -0.15) is 0 Å². The number of ketones is 1. The van der Waals surface area contributed by atoms with Gasteiger partial charge >= 0.3 is 0 Å². The molecule has 2 aliphatic heterocycles. The van der Waals surface area contributed by atoms with E-state index in [0.29, 0.717) is 55.2 Å². The Bertz CT molecular complexity index is 2980. The van der Waals surface area contributed by atoms with Gasteiger partial charge in [-0.25, -0.2) is 29.9 Å². The van der Waals surface area contributed by atoms with Crippen LogP contribution in [-0.4, -0.2) is 93.2 Å². The molecule has 16 heteroatoms. The van der Waals surface area contributed by atoms with E-state index in [1.54, 1.807) is 32.2 Å². The Kier molecular flexibility index (Phi) is 16.9. The van der Waals surface area contributed by atoms with Crippen molar-refractivity contribution in [2.75, 3.05) is 54.9 Å². The maximum atomic E-state index is 12.6. The van der Waals surface area contributed by atoms with Crippen molar-refractivity contribution < 1.29 is 19.2 Å². The van der Waals surface area contributed by atoms with Crippen molar-refractivity contribution in [3.8, 4) is 33.8 Å². The zero-order valence-electron chi connectivity index (χ0n) is 41.4. The summed E-state index contributed by atoms with van der Waals surface area (Å²) in [5.41, 5.74) is 17.3. The van der Waals surface area contributed by atoms with Crippen molar-refractivity contribution >= 4 is 41.3 Å². The average Bonchev–Trinajstić information content (AvgIpc) is 4.31. The molecule has 0 bridgehead atoms. The Hall–Kier alpha value is -8.40. The summed E-state index contributed by atoms with van der Waals surface area (Å²) in [6, 6.07) is 44.2. The highest BCUT2D eigenvalue weighted by molar-refractivity contribution is 5.94. The van der Waals surface area contributed by atoms with E-state index in [-0.39, 0.29) is 23.1 Å². The van der Waals surface area contributed by atoms with Crippen molar-refractivity contribution in [2.24, 2.45) is 17.4 Å². The second-order valence-corrected chi connectivity index (χ2v) is 18.5. The zero-order valence-corrected chi connectivity index (χ0v) is 41.4. The lowest BCUT2D eigenvalue weighted by molar-refractivity contribution is -0.123. The van der Waals surface area contributed by atoms with Gasteiger partial charge in [-0.1, -0.05) is 134 Å². The number of carbonyl (C=O) groups excluding carboxylic acids is 4. The molecule has 7 aromatic rings. The lowest BCUT2D eigenvalue weighted by Gasteiger charge is -2.40. The average molecular weight is 979 g/mol. The van der Waals surface area contributed by atoms with E-state index in [1.807, 2.05) is 126 Å². The van der Waals surface area contributed by atoms with E-state index in [0.717, 1.165) is 72.0 Å². The summed E-state index contributed by atoms with van der Waals surface area (Å²) in [6.45, 7) is 5.62. The number of Topliss-reactive ketones (excluding diaryl/α,β-unsaturated/α-hetero) is 1. The van der Waals surface area contributed by atoms with Crippen LogP contribution < -0.4 is 31.9 Å². The van der Waals surface area contributed by atoms with Crippen molar-refractivity contribution in [1.82, 2.24) is 35.2 Å². The molecule has 0 spiro atoms. The number of anilines is 3. The predicted molar refractivity (Wildman–Crippen MR) is 285 cm³/mol.